The molecule has 0 spiro atoms. The lowest BCUT2D eigenvalue weighted by molar-refractivity contribution is 0.155. The van der Waals surface area contributed by atoms with Crippen LogP contribution in [0.1, 0.15) is 80.1 Å². The van der Waals surface area contributed by atoms with Crippen molar-refractivity contribution in [3.8, 4) is 0 Å². The Morgan fingerprint density at radius 3 is 1.77 bits per heavy atom. The van der Waals surface area contributed by atoms with Gasteiger partial charge in [0.2, 0.25) is 0 Å². The molecular formula is C19H40O2Si. The Labute approximate surface area is 140 Å². The summed E-state index contributed by atoms with van der Waals surface area (Å²) in [7, 11) is 1.54. The van der Waals surface area contributed by atoms with E-state index in [1.165, 1.54) is 38.5 Å². The van der Waals surface area contributed by atoms with Crippen molar-refractivity contribution >= 4 is 8.56 Å². The highest BCUT2D eigenvalue weighted by atomic mass is 28.4. The van der Waals surface area contributed by atoms with Crippen LogP contribution in [0.15, 0.2) is 0 Å². The van der Waals surface area contributed by atoms with Crippen LogP contribution in [0.4, 0.5) is 0 Å². The summed E-state index contributed by atoms with van der Waals surface area (Å²) in [4.78, 5) is 0. The predicted molar refractivity (Wildman–Crippen MR) is 98.4 cm³/mol. The van der Waals surface area contributed by atoms with Crippen molar-refractivity contribution in [1.82, 2.24) is 0 Å². The van der Waals surface area contributed by atoms with Gasteiger partial charge < -0.3 is 8.85 Å². The first kappa shape index (κ1) is 20.2. The smallest absolute Gasteiger partial charge is 0.347 e. The molecule has 0 aliphatic heterocycles. The van der Waals surface area contributed by atoms with E-state index in [0.29, 0.717) is 11.5 Å². The summed E-state index contributed by atoms with van der Waals surface area (Å²) in [5.74, 6) is 2.20. The van der Waals surface area contributed by atoms with E-state index >= 15 is 0 Å². The Kier molecular flexibility index (Phi) is 7.61. The van der Waals surface area contributed by atoms with Gasteiger partial charge in [-0.2, -0.15) is 0 Å². The predicted octanol–water partition coefficient (Wildman–Crippen LogP) is 6.15. The third-order valence-corrected chi connectivity index (χ3v) is 12.2. The molecule has 1 rings (SSSR count). The summed E-state index contributed by atoms with van der Waals surface area (Å²) >= 11 is 0. The molecule has 3 heteroatoms. The van der Waals surface area contributed by atoms with Crippen molar-refractivity contribution in [3.05, 3.63) is 0 Å². The van der Waals surface area contributed by atoms with E-state index in [4.69, 9.17) is 8.85 Å². The average Bonchev–Trinajstić information content (AvgIpc) is 2.92. The topological polar surface area (TPSA) is 18.5 Å². The van der Waals surface area contributed by atoms with Crippen molar-refractivity contribution in [1.29, 1.82) is 0 Å². The standard InChI is InChI=1S/C19H40O2Si/c1-9-12-15(4)19(5,6)22(20-7,21-8)18-16(10-2)13-14-17(18)11-3/h15-18H,9-14H2,1-8H3. The molecule has 0 saturated heterocycles. The SMILES string of the molecule is CCCC(C)C(C)(C)[Si](OC)(OC)C1C(CC)CCC1CC. The fourth-order valence-corrected chi connectivity index (χ4v) is 10.7. The van der Waals surface area contributed by atoms with Gasteiger partial charge in [0.25, 0.3) is 0 Å². The molecular weight excluding hydrogens is 288 g/mol. The summed E-state index contributed by atoms with van der Waals surface area (Å²) in [5.41, 5.74) is 0.645. The highest BCUT2D eigenvalue weighted by molar-refractivity contribution is 6.72. The first-order valence-electron chi connectivity index (χ1n) is 9.46. The lowest BCUT2D eigenvalue weighted by atomic mass is 9.92. The Hall–Kier alpha value is 0.137. The van der Waals surface area contributed by atoms with Crippen LogP contribution in [0.2, 0.25) is 10.6 Å². The number of rotatable bonds is 9. The molecule has 1 saturated carbocycles. The molecule has 1 fully saturated rings. The zero-order chi connectivity index (χ0) is 17.0. The van der Waals surface area contributed by atoms with E-state index < -0.39 is 8.56 Å². The first-order chi connectivity index (χ1) is 10.4. The second kappa shape index (κ2) is 8.30. The van der Waals surface area contributed by atoms with Gasteiger partial charge in [-0.1, -0.05) is 80.1 Å². The Balaban J connectivity index is 3.28. The molecule has 3 unspecified atom stereocenters. The molecule has 0 N–H and O–H groups in total. The molecule has 0 aromatic heterocycles. The number of hydrogen-bond donors (Lipinski definition) is 0. The summed E-state index contributed by atoms with van der Waals surface area (Å²) in [6.07, 6.45) is 7.75. The van der Waals surface area contributed by atoms with Crippen LogP contribution in [0.5, 0.6) is 0 Å². The molecule has 22 heavy (non-hydrogen) atoms. The van der Waals surface area contributed by atoms with E-state index in [-0.39, 0.29) is 5.04 Å². The average molecular weight is 329 g/mol. The third kappa shape index (κ3) is 3.32. The van der Waals surface area contributed by atoms with Crippen molar-refractivity contribution < 1.29 is 8.85 Å². The highest BCUT2D eigenvalue weighted by Crippen LogP contribution is 2.60. The summed E-state index contributed by atoms with van der Waals surface area (Å²) in [6.45, 7) is 14.2. The quantitative estimate of drug-likeness (QED) is 0.472. The van der Waals surface area contributed by atoms with Gasteiger partial charge in [0.1, 0.15) is 0 Å². The Morgan fingerprint density at radius 1 is 1.00 bits per heavy atom. The zero-order valence-corrected chi connectivity index (χ0v) is 17.4. The first-order valence-corrected chi connectivity index (χ1v) is 11.4. The fourth-order valence-electron chi connectivity index (χ4n) is 5.16. The van der Waals surface area contributed by atoms with Gasteiger partial charge in [0, 0.05) is 24.8 Å². The van der Waals surface area contributed by atoms with Crippen LogP contribution < -0.4 is 0 Å². The molecule has 2 nitrogen and oxygen atoms in total. The van der Waals surface area contributed by atoms with Gasteiger partial charge >= 0.3 is 8.56 Å². The van der Waals surface area contributed by atoms with Crippen molar-refractivity contribution in [2.24, 2.45) is 17.8 Å². The Bertz CT molecular complexity index is 313. The minimum absolute atomic E-state index is 0.141. The van der Waals surface area contributed by atoms with Crippen molar-refractivity contribution in [2.75, 3.05) is 14.2 Å². The van der Waals surface area contributed by atoms with Crippen LogP contribution in [-0.2, 0) is 8.85 Å². The summed E-state index contributed by atoms with van der Waals surface area (Å²) < 4.78 is 12.8. The molecule has 0 bridgehead atoms. The fraction of sp³-hybridized carbons (Fsp3) is 1.00. The van der Waals surface area contributed by atoms with Gasteiger partial charge in [-0.25, -0.2) is 0 Å². The van der Waals surface area contributed by atoms with Crippen LogP contribution >= 0.6 is 0 Å². The molecule has 0 amide bonds. The van der Waals surface area contributed by atoms with Crippen molar-refractivity contribution in [3.63, 3.8) is 0 Å². The van der Waals surface area contributed by atoms with Gasteiger partial charge in [-0.15, -0.1) is 0 Å². The van der Waals surface area contributed by atoms with E-state index in [1.807, 2.05) is 14.2 Å². The molecule has 0 heterocycles. The van der Waals surface area contributed by atoms with Gasteiger partial charge in [-0.05, 0) is 17.8 Å². The maximum Gasteiger partial charge on any atom is 0.347 e. The molecule has 1 aliphatic rings. The van der Waals surface area contributed by atoms with Crippen LogP contribution in [0.25, 0.3) is 0 Å². The number of hydrogen-bond acceptors (Lipinski definition) is 2. The van der Waals surface area contributed by atoms with E-state index in [9.17, 15) is 0 Å². The molecule has 3 atom stereocenters. The van der Waals surface area contributed by atoms with Gasteiger partial charge in [0.15, 0.2) is 0 Å². The largest absolute Gasteiger partial charge is 0.397 e. The minimum atomic E-state index is -2.31. The van der Waals surface area contributed by atoms with Crippen LogP contribution in [-0.4, -0.2) is 22.8 Å². The highest BCUT2D eigenvalue weighted by Gasteiger charge is 2.62. The molecule has 1 aliphatic carbocycles. The van der Waals surface area contributed by atoms with Crippen LogP contribution in [0.3, 0.4) is 0 Å². The van der Waals surface area contributed by atoms with Gasteiger partial charge in [-0.3, -0.25) is 0 Å². The normalized spacial score (nSPS) is 28.1. The monoisotopic (exact) mass is 328 g/mol. The van der Waals surface area contributed by atoms with Gasteiger partial charge in [0.05, 0.1) is 0 Å². The molecule has 132 valence electrons. The van der Waals surface area contributed by atoms with E-state index in [0.717, 1.165) is 11.8 Å². The zero-order valence-electron chi connectivity index (χ0n) is 16.4. The molecule has 0 aromatic rings. The molecule has 0 radical (unpaired) electrons. The second-order valence-electron chi connectivity index (χ2n) is 7.93. The molecule has 0 aromatic carbocycles. The Morgan fingerprint density at radius 2 is 1.45 bits per heavy atom. The maximum atomic E-state index is 6.38. The van der Waals surface area contributed by atoms with E-state index in [1.54, 1.807) is 0 Å². The lowest BCUT2D eigenvalue weighted by Gasteiger charge is -2.51. The summed E-state index contributed by atoms with van der Waals surface area (Å²) in [6, 6.07) is 0. The van der Waals surface area contributed by atoms with E-state index in [2.05, 4.69) is 41.5 Å². The summed E-state index contributed by atoms with van der Waals surface area (Å²) in [5, 5.41) is 0.141. The third-order valence-electron chi connectivity index (χ3n) is 6.87. The van der Waals surface area contributed by atoms with Crippen molar-refractivity contribution in [2.45, 2.75) is 90.6 Å². The second-order valence-corrected chi connectivity index (χ2v) is 12.0. The maximum absolute atomic E-state index is 6.38. The minimum Gasteiger partial charge on any atom is -0.397 e. The van der Waals surface area contributed by atoms with Crippen LogP contribution in [0, 0.1) is 17.8 Å². The lowest BCUT2D eigenvalue weighted by Crippen LogP contribution is -2.58.